The van der Waals surface area contributed by atoms with Gasteiger partial charge in [0.15, 0.2) is 0 Å². The summed E-state index contributed by atoms with van der Waals surface area (Å²) in [6, 6.07) is 0. The minimum atomic E-state index is -0.341. The van der Waals surface area contributed by atoms with Crippen molar-refractivity contribution >= 4 is 5.91 Å². The molecule has 1 aliphatic heterocycles. The fraction of sp³-hybridized carbons (Fsp3) is 0.800. The minimum Gasteiger partial charge on any atom is -0.394 e. The van der Waals surface area contributed by atoms with E-state index in [9.17, 15) is 9.90 Å². The predicted octanol–water partition coefficient (Wildman–Crippen LogP) is 0.703. The second-order valence-corrected chi connectivity index (χ2v) is 6.11. The van der Waals surface area contributed by atoms with Crippen LogP contribution in [-0.2, 0) is 9.53 Å². The molecule has 1 amide bonds. The largest absolute Gasteiger partial charge is 0.394 e. The maximum absolute atomic E-state index is 12.0. The molecule has 1 saturated heterocycles. The summed E-state index contributed by atoms with van der Waals surface area (Å²) in [5, 5.41) is 18.9. The number of hydrogen-bond donors (Lipinski definition) is 2. The average Bonchev–Trinajstić information content (AvgIpc) is 2.42. The van der Waals surface area contributed by atoms with Crippen LogP contribution < -0.4 is 0 Å². The summed E-state index contributed by atoms with van der Waals surface area (Å²) in [6.07, 6.45) is 3.52. The van der Waals surface area contributed by atoms with Crippen molar-refractivity contribution in [2.75, 3.05) is 26.3 Å². The van der Waals surface area contributed by atoms with Crippen LogP contribution in [-0.4, -0.2) is 59.5 Å². The number of aliphatic hydroxyl groups excluding tert-OH is 2. The van der Waals surface area contributed by atoms with Gasteiger partial charge in [-0.1, -0.05) is 5.57 Å². The standard InChI is InChI=1S/C15H25NO4/c1-11(2)9-14(19)16-5-3-15(4-6-16)12(18)10-13(15)20-8-7-17/h9,12-13,17-18H,3-8,10H2,1-2H3. The number of rotatable bonds is 4. The first kappa shape index (κ1) is 15.5. The number of likely N-dealkylation sites (tertiary alicyclic amines) is 1. The third-order valence-electron chi connectivity index (χ3n) is 4.57. The highest BCUT2D eigenvalue weighted by Crippen LogP contribution is 2.50. The van der Waals surface area contributed by atoms with E-state index in [0.29, 0.717) is 26.1 Å². The van der Waals surface area contributed by atoms with Gasteiger partial charge in [-0.2, -0.15) is 0 Å². The van der Waals surface area contributed by atoms with Crippen LogP contribution in [0.2, 0.25) is 0 Å². The summed E-state index contributed by atoms with van der Waals surface area (Å²) in [6.45, 7) is 5.49. The number of aliphatic hydroxyl groups is 2. The van der Waals surface area contributed by atoms with E-state index < -0.39 is 0 Å². The van der Waals surface area contributed by atoms with Crippen molar-refractivity contribution in [2.45, 2.75) is 45.3 Å². The molecule has 0 aromatic rings. The Morgan fingerprint density at radius 1 is 1.40 bits per heavy atom. The number of hydrogen-bond acceptors (Lipinski definition) is 4. The van der Waals surface area contributed by atoms with E-state index in [1.807, 2.05) is 18.7 Å². The van der Waals surface area contributed by atoms with E-state index in [1.165, 1.54) is 0 Å². The second kappa shape index (κ2) is 6.24. The van der Waals surface area contributed by atoms with Gasteiger partial charge >= 0.3 is 0 Å². The van der Waals surface area contributed by atoms with Gasteiger partial charge in [-0.15, -0.1) is 0 Å². The van der Waals surface area contributed by atoms with Crippen molar-refractivity contribution < 1.29 is 19.7 Å². The van der Waals surface area contributed by atoms with Crippen LogP contribution >= 0.6 is 0 Å². The van der Waals surface area contributed by atoms with Crippen LogP contribution in [0.15, 0.2) is 11.6 Å². The number of piperidine rings is 1. The van der Waals surface area contributed by atoms with Gasteiger partial charge in [0.25, 0.3) is 0 Å². The van der Waals surface area contributed by atoms with E-state index >= 15 is 0 Å². The zero-order chi connectivity index (χ0) is 14.8. The van der Waals surface area contributed by atoms with E-state index in [1.54, 1.807) is 6.08 Å². The summed E-state index contributed by atoms with van der Waals surface area (Å²) >= 11 is 0. The Labute approximate surface area is 120 Å². The van der Waals surface area contributed by atoms with Crippen LogP contribution in [0.5, 0.6) is 0 Å². The molecule has 2 fully saturated rings. The summed E-state index contributed by atoms with van der Waals surface area (Å²) in [5.41, 5.74) is 0.792. The zero-order valence-electron chi connectivity index (χ0n) is 12.3. The molecule has 1 spiro atoms. The lowest BCUT2D eigenvalue weighted by Crippen LogP contribution is -2.62. The molecule has 2 aliphatic rings. The third-order valence-corrected chi connectivity index (χ3v) is 4.57. The van der Waals surface area contributed by atoms with Gasteiger partial charge in [0.1, 0.15) is 0 Å². The van der Waals surface area contributed by atoms with E-state index in [-0.39, 0.29) is 30.1 Å². The van der Waals surface area contributed by atoms with Gasteiger partial charge in [0.2, 0.25) is 5.91 Å². The van der Waals surface area contributed by atoms with Crippen molar-refractivity contribution in [1.82, 2.24) is 4.90 Å². The Morgan fingerprint density at radius 3 is 2.55 bits per heavy atom. The molecule has 0 aromatic carbocycles. The van der Waals surface area contributed by atoms with Gasteiger partial charge in [0, 0.05) is 31.0 Å². The smallest absolute Gasteiger partial charge is 0.246 e. The van der Waals surface area contributed by atoms with Gasteiger partial charge < -0.3 is 19.8 Å². The molecular formula is C15H25NO4. The lowest BCUT2D eigenvalue weighted by molar-refractivity contribution is -0.213. The van der Waals surface area contributed by atoms with Gasteiger partial charge in [-0.3, -0.25) is 4.79 Å². The monoisotopic (exact) mass is 283 g/mol. The molecule has 1 aliphatic carbocycles. The molecule has 2 unspecified atom stereocenters. The SMILES string of the molecule is CC(C)=CC(=O)N1CCC2(CC1)C(O)CC2OCCO. The Bertz CT molecular complexity index is 381. The summed E-state index contributed by atoms with van der Waals surface area (Å²) < 4.78 is 5.63. The molecule has 2 atom stereocenters. The Balaban J connectivity index is 1.92. The van der Waals surface area contributed by atoms with Crippen LogP contribution in [0, 0.1) is 5.41 Å². The highest BCUT2D eigenvalue weighted by Gasteiger charge is 2.56. The normalized spacial score (nSPS) is 28.1. The Morgan fingerprint density at radius 2 is 2.05 bits per heavy atom. The van der Waals surface area contributed by atoms with Crippen LogP contribution in [0.3, 0.4) is 0 Å². The van der Waals surface area contributed by atoms with Gasteiger partial charge in [-0.05, 0) is 26.7 Å². The fourth-order valence-corrected chi connectivity index (χ4v) is 3.29. The molecular weight excluding hydrogens is 258 g/mol. The van der Waals surface area contributed by atoms with Crippen LogP contribution in [0.4, 0.5) is 0 Å². The van der Waals surface area contributed by atoms with Crippen molar-refractivity contribution in [3.8, 4) is 0 Å². The Hall–Kier alpha value is -0.910. The number of amides is 1. The molecule has 2 rings (SSSR count). The van der Waals surface area contributed by atoms with Crippen molar-refractivity contribution in [3.63, 3.8) is 0 Å². The maximum atomic E-state index is 12.0. The van der Waals surface area contributed by atoms with Crippen molar-refractivity contribution in [2.24, 2.45) is 5.41 Å². The highest BCUT2D eigenvalue weighted by molar-refractivity contribution is 5.88. The summed E-state index contributed by atoms with van der Waals surface area (Å²) in [7, 11) is 0. The lowest BCUT2D eigenvalue weighted by atomic mass is 9.58. The molecule has 1 heterocycles. The third kappa shape index (κ3) is 2.90. The fourth-order valence-electron chi connectivity index (χ4n) is 3.29. The molecule has 5 heteroatoms. The first-order chi connectivity index (χ1) is 9.49. The lowest BCUT2D eigenvalue weighted by Gasteiger charge is -2.56. The summed E-state index contributed by atoms with van der Waals surface area (Å²) in [4.78, 5) is 13.8. The molecule has 20 heavy (non-hydrogen) atoms. The van der Waals surface area contributed by atoms with Crippen molar-refractivity contribution in [1.29, 1.82) is 0 Å². The molecule has 114 valence electrons. The van der Waals surface area contributed by atoms with Crippen molar-refractivity contribution in [3.05, 3.63) is 11.6 Å². The number of carbonyl (C=O) groups excluding carboxylic acids is 1. The second-order valence-electron chi connectivity index (χ2n) is 6.11. The number of allylic oxidation sites excluding steroid dienone is 1. The molecule has 0 radical (unpaired) electrons. The van der Waals surface area contributed by atoms with Gasteiger partial charge in [0.05, 0.1) is 25.4 Å². The molecule has 0 aromatic heterocycles. The van der Waals surface area contributed by atoms with Crippen LogP contribution in [0.1, 0.15) is 33.1 Å². The highest BCUT2D eigenvalue weighted by atomic mass is 16.5. The Kier molecular flexibility index (Phi) is 4.83. The van der Waals surface area contributed by atoms with E-state index in [2.05, 4.69) is 0 Å². The minimum absolute atomic E-state index is 0.00780. The predicted molar refractivity (Wildman–Crippen MR) is 75.1 cm³/mol. The molecule has 0 bridgehead atoms. The number of ether oxygens (including phenoxy) is 1. The first-order valence-electron chi connectivity index (χ1n) is 7.34. The molecule has 1 saturated carbocycles. The average molecular weight is 283 g/mol. The number of nitrogens with zero attached hydrogens (tertiary/aromatic N) is 1. The van der Waals surface area contributed by atoms with E-state index in [4.69, 9.17) is 9.84 Å². The number of carbonyl (C=O) groups is 1. The quantitative estimate of drug-likeness (QED) is 0.745. The topological polar surface area (TPSA) is 70.0 Å². The zero-order valence-corrected chi connectivity index (χ0v) is 12.3. The maximum Gasteiger partial charge on any atom is 0.246 e. The first-order valence-corrected chi connectivity index (χ1v) is 7.34. The summed E-state index contributed by atoms with van der Waals surface area (Å²) in [5.74, 6) is 0.0569. The van der Waals surface area contributed by atoms with Crippen LogP contribution in [0.25, 0.3) is 0 Å². The van der Waals surface area contributed by atoms with E-state index in [0.717, 1.165) is 18.4 Å². The molecule has 2 N–H and O–H groups in total. The van der Waals surface area contributed by atoms with Gasteiger partial charge in [-0.25, -0.2) is 0 Å². The molecule has 5 nitrogen and oxygen atoms in total.